The van der Waals surface area contributed by atoms with Gasteiger partial charge in [-0.2, -0.15) is 0 Å². The first-order valence-electron chi connectivity index (χ1n) is 7.18. The fraction of sp³-hybridized carbons (Fsp3) is 0.312. The lowest BCUT2D eigenvalue weighted by Crippen LogP contribution is -2.39. The highest BCUT2D eigenvalue weighted by Crippen LogP contribution is 2.27. The van der Waals surface area contributed by atoms with E-state index < -0.39 is 24.1 Å². The fourth-order valence-corrected chi connectivity index (χ4v) is 3.35. The first-order chi connectivity index (χ1) is 11.0. The highest BCUT2D eigenvalue weighted by atomic mass is 32.1. The number of rotatable bonds is 4. The van der Waals surface area contributed by atoms with Gasteiger partial charge in [-0.3, -0.25) is 4.79 Å². The fourth-order valence-electron chi connectivity index (χ4n) is 2.54. The van der Waals surface area contributed by atoms with Gasteiger partial charge in [-0.05, 0) is 5.56 Å². The van der Waals surface area contributed by atoms with E-state index in [0.29, 0.717) is 6.42 Å². The molecular formula is C16H15FN2O3S. The van der Waals surface area contributed by atoms with Crippen molar-refractivity contribution in [1.82, 2.24) is 9.88 Å². The first-order valence-corrected chi connectivity index (χ1v) is 8.06. The Hall–Kier alpha value is -2.28. The predicted octanol–water partition coefficient (Wildman–Crippen LogP) is 2.37. The van der Waals surface area contributed by atoms with E-state index in [1.165, 1.54) is 16.2 Å². The molecule has 1 aromatic heterocycles. The Morgan fingerprint density at radius 3 is 2.74 bits per heavy atom. The summed E-state index contributed by atoms with van der Waals surface area (Å²) >= 11 is 1.37. The van der Waals surface area contributed by atoms with Crippen molar-refractivity contribution in [1.29, 1.82) is 0 Å². The zero-order chi connectivity index (χ0) is 16.4. The molecule has 23 heavy (non-hydrogen) atoms. The number of hydrogen-bond donors (Lipinski definition) is 1. The number of benzene rings is 1. The van der Waals surface area contributed by atoms with Crippen molar-refractivity contribution in [2.24, 2.45) is 0 Å². The van der Waals surface area contributed by atoms with Gasteiger partial charge in [0.15, 0.2) is 0 Å². The number of alkyl halides is 1. The minimum absolute atomic E-state index is 0.0905. The Balaban J connectivity index is 1.69. The van der Waals surface area contributed by atoms with Gasteiger partial charge >= 0.3 is 5.97 Å². The van der Waals surface area contributed by atoms with Crippen LogP contribution in [0, 0.1) is 0 Å². The Kier molecular flexibility index (Phi) is 4.12. The number of hydrogen-bond acceptors (Lipinski definition) is 4. The summed E-state index contributed by atoms with van der Waals surface area (Å²) < 4.78 is 14.0. The highest BCUT2D eigenvalue weighted by Gasteiger charge is 2.47. The molecule has 0 bridgehead atoms. The van der Waals surface area contributed by atoms with Crippen molar-refractivity contribution >= 4 is 23.2 Å². The summed E-state index contributed by atoms with van der Waals surface area (Å²) in [7, 11) is 0. The number of likely N-dealkylation sites (tertiary alicyclic amines) is 1. The third kappa shape index (κ3) is 3.24. The van der Waals surface area contributed by atoms with Crippen molar-refractivity contribution in [3.05, 3.63) is 52.0 Å². The van der Waals surface area contributed by atoms with E-state index in [-0.39, 0.29) is 18.7 Å². The van der Waals surface area contributed by atoms with E-state index in [9.17, 15) is 14.0 Å². The molecule has 1 aliphatic rings. The molecule has 1 aliphatic heterocycles. The molecule has 1 amide bonds. The summed E-state index contributed by atoms with van der Waals surface area (Å²) in [6, 6.07) is 9.76. The molecule has 1 unspecified atom stereocenters. The Bertz CT molecular complexity index is 734. The van der Waals surface area contributed by atoms with Gasteiger partial charge in [-0.1, -0.05) is 30.3 Å². The number of carbonyl (C=O) groups is 2. The smallest absolute Gasteiger partial charge is 0.343 e. The monoisotopic (exact) mass is 334 g/mol. The van der Waals surface area contributed by atoms with E-state index >= 15 is 0 Å². The molecule has 2 aromatic rings. The predicted molar refractivity (Wildman–Crippen MR) is 83.4 cm³/mol. The van der Waals surface area contributed by atoms with Gasteiger partial charge in [0.2, 0.25) is 5.67 Å². The Morgan fingerprint density at radius 1 is 1.35 bits per heavy atom. The van der Waals surface area contributed by atoms with Crippen LogP contribution < -0.4 is 0 Å². The van der Waals surface area contributed by atoms with Crippen molar-refractivity contribution in [2.75, 3.05) is 13.1 Å². The molecule has 2 heterocycles. The van der Waals surface area contributed by atoms with Gasteiger partial charge in [-0.25, -0.2) is 14.2 Å². The lowest BCUT2D eigenvalue weighted by molar-refractivity contribution is -0.149. The van der Waals surface area contributed by atoms with Crippen LogP contribution in [0.3, 0.4) is 0 Å². The molecule has 0 spiro atoms. The lowest BCUT2D eigenvalue weighted by Gasteiger charge is -2.16. The summed E-state index contributed by atoms with van der Waals surface area (Å²) in [5, 5.41) is 11.3. The van der Waals surface area contributed by atoms with Crippen LogP contribution in [0.5, 0.6) is 0 Å². The molecule has 1 aromatic carbocycles. The van der Waals surface area contributed by atoms with Crippen molar-refractivity contribution < 1.29 is 19.1 Å². The number of carboxylic acid groups (broad SMARTS) is 1. The Labute approximate surface area is 136 Å². The molecule has 3 rings (SSSR count). The van der Waals surface area contributed by atoms with Gasteiger partial charge in [-0.15, -0.1) is 11.3 Å². The van der Waals surface area contributed by atoms with Crippen molar-refractivity contribution in [3.8, 4) is 0 Å². The second kappa shape index (κ2) is 6.08. The maximum absolute atomic E-state index is 14.0. The molecule has 0 saturated carbocycles. The minimum atomic E-state index is -2.35. The second-order valence-corrected chi connectivity index (χ2v) is 6.48. The molecule has 1 fully saturated rings. The normalized spacial score (nSPS) is 20.7. The second-order valence-electron chi connectivity index (χ2n) is 5.54. The number of nitrogens with zero attached hydrogens (tertiary/aromatic N) is 2. The minimum Gasteiger partial charge on any atom is -0.479 e. The average molecular weight is 334 g/mol. The first kappa shape index (κ1) is 15.6. The number of halogens is 1. The maximum atomic E-state index is 14.0. The molecule has 0 aliphatic carbocycles. The molecule has 1 N–H and O–H groups in total. The number of aromatic nitrogens is 1. The van der Waals surface area contributed by atoms with Crippen LogP contribution >= 0.6 is 11.3 Å². The molecular weight excluding hydrogens is 319 g/mol. The summed E-state index contributed by atoms with van der Waals surface area (Å²) in [5.41, 5.74) is -1.01. The Morgan fingerprint density at radius 2 is 2.09 bits per heavy atom. The van der Waals surface area contributed by atoms with Crippen LogP contribution in [-0.4, -0.2) is 45.6 Å². The molecule has 1 atom stereocenters. The van der Waals surface area contributed by atoms with Crippen LogP contribution in [0.2, 0.25) is 0 Å². The van der Waals surface area contributed by atoms with Crippen molar-refractivity contribution in [2.45, 2.75) is 18.5 Å². The zero-order valence-corrected chi connectivity index (χ0v) is 13.1. The van der Waals surface area contributed by atoms with E-state index in [1.807, 2.05) is 30.3 Å². The van der Waals surface area contributed by atoms with Crippen LogP contribution in [0.15, 0.2) is 35.7 Å². The topological polar surface area (TPSA) is 70.5 Å². The molecule has 7 heteroatoms. The summed E-state index contributed by atoms with van der Waals surface area (Å²) in [6.07, 6.45) is 0.441. The lowest BCUT2D eigenvalue weighted by atomic mass is 10.1. The van der Waals surface area contributed by atoms with E-state index in [4.69, 9.17) is 5.11 Å². The quantitative estimate of drug-likeness (QED) is 0.932. The standard InChI is InChI=1S/C16H15FN2O3S/c17-16(15(21)22)6-7-19(10-16)14(20)12-9-23-13(18-12)8-11-4-2-1-3-5-11/h1-5,9H,6-8,10H2,(H,21,22). The number of carboxylic acids is 1. The van der Waals surface area contributed by atoms with Crippen LogP contribution in [0.1, 0.15) is 27.5 Å². The molecule has 5 nitrogen and oxygen atoms in total. The molecule has 1 saturated heterocycles. The number of thiazole rings is 1. The summed E-state index contributed by atoms with van der Waals surface area (Å²) in [6.45, 7) is -0.333. The van der Waals surface area contributed by atoms with E-state index in [2.05, 4.69) is 4.98 Å². The van der Waals surface area contributed by atoms with Crippen LogP contribution in [-0.2, 0) is 11.2 Å². The average Bonchev–Trinajstić information content (AvgIpc) is 3.15. The van der Waals surface area contributed by atoms with E-state index in [1.54, 1.807) is 5.38 Å². The third-order valence-electron chi connectivity index (χ3n) is 3.86. The maximum Gasteiger partial charge on any atom is 0.343 e. The third-order valence-corrected chi connectivity index (χ3v) is 4.71. The zero-order valence-electron chi connectivity index (χ0n) is 12.2. The van der Waals surface area contributed by atoms with Gasteiger partial charge < -0.3 is 10.0 Å². The number of amides is 1. The van der Waals surface area contributed by atoms with Gasteiger partial charge in [0, 0.05) is 24.8 Å². The van der Waals surface area contributed by atoms with Crippen LogP contribution in [0.4, 0.5) is 4.39 Å². The summed E-state index contributed by atoms with van der Waals surface area (Å²) in [4.78, 5) is 28.8. The molecule has 0 radical (unpaired) electrons. The SMILES string of the molecule is O=C(c1csc(Cc2ccccc2)n1)N1CCC(F)(C(=O)O)C1. The van der Waals surface area contributed by atoms with E-state index in [0.717, 1.165) is 10.6 Å². The van der Waals surface area contributed by atoms with Gasteiger partial charge in [0.1, 0.15) is 5.69 Å². The number of carbonyl (C=O) groups excluding carboxylic acids is 1. The van der Waals surface area contributed by atoms with Gasteiger partial charge in [0.05, 0.1) is 11.6 Å². The largest absolute Gasteiger partial charge is 0.479 e. The molecule has 120 valence electrons. The number of aliphatic carboxylic acids is 1. The highest BCUT2D eigenvalue weighted by molar-refractivity contribution is 7.09. The van der Waals surface area contributed by atoms with Gasteiger partial charge in [0.25, 0.3) is 5.91 Å². The van der Waals surface area contributed by atoms with Crippen LogP contribution in [0.25, 0.3) is 0 Å². The van der Waals surface area contributed by atoms with Crippen molar-refractivity contribution in [3.63, 3.8) is 0 Å². The summed E-state index contributed by atoms with van der Waals surface area (Å²) in [5.74, 6) is -1.93.